The third-order valence-electron chi connectivity index (χ3n) is 27.5. The van der Waals surface area contributed by atoms with E-state index in [9.17, 15) is 10.2 Å². The largest absolute Gasteiger partial charge is 0.390 e. The van der Waals surface area contributed by atoms with E-state index in [4.69, 9.17) is 37.9 Å². The van der Waals surface area contributed by atoms with Gasteiger partial charge in [-0.2, -0.15) is 15.3 Å². The molecule has 149 heavy (non-hydrogen) atoms. The monoisotopic (exact) mass is 2110 g/mol. The van der Waals surface area contributed by atoms with Crippen LogP contribution in [-0.2, 0) is 67.7 Å². The van der Waals surface area contributed by atoms with E-state index in [0.29, 0.717) is 99.7 Å². The van der Waals surface area contributed by atoms with Crippen LogP contribution in [0, 0.1) is 51.2 Å². The van der Waals surface area contributed by atoms with E-state index in [1.165, 1.54) is 93.7 Å². The second-order valence-electron chi connectivity index (χ2n) is 62.2. The highest BCUT2D eigenvalue weighted by Gasteiger charge is 2.47. The van der Waals surface area contributed by atoms with E-state index < -0.39 is 0 Å². The van der Waals surface area contributed by atoms with Crippen LogP contribution in [0.25, 0.3) is 0 Å². The molecule has 8 unspecified atom stereocenters. The third kappa shape index (κ3) is 75.6. The van der Waals surface area contributed by atoms with Crippen LogP contribution in [0.5, 0.6) is 0 Å². The molecule has 2 saturated heterocycles. The Morgan fingerprint density at radius 3 is 0.960 bits per heavy atom. The Morgan fingerprint density at radius 1 is 0.409 bits per heavy atom. The van der Waals surface area contributed by atoms with Gasteiger partial charge in [0.2, 0.25) is 0 Å². The highest BCUT2D eigenvalue weighted by Crippen LogP contribution is 2.49. The lowest BCUT2D eigenvalue weighted by Crippen LogP contribution is -2.59. The molecule has 0 radical (unpaired) electrons. The molecule has 3 aromatic heterocycles. The average Bonchev–Trinajstić information content (AvgIpc) is 1.69. The van der Waals surface area contributed by atoms with E-state index in [1.807, 2.05) is 55.0 Å². The molecule has 24 nitrogen and oxygen atoms in total. The Morgan fingerprint density at radius 2 is 0.758 bits per heavy atom. The molecule has 12 atom stereocenters. The number of hydrogen-bond acceptors (Lipinski definition) is 21. The molecule has 10 saturated carbocycles. The number of aromatic nitrogens is 6. The molecule has 882 valence electrons. The van der Waals surface area contributed by atoms with Gasteiger partial charge in [-0.05, 0) is 374 Å². The van der Waals surface area contributed by atoms with Crippen molar-refractivity contribution in [1.29, 1.82) is 0 Å². The number of aliphatic hydroxyl groups is 2. The zero-order chi connectivity index (χ0) is 116. The topological polar surface area (TPSA) is 266 Å². The smallest absolute Gasteiger partial charge is 0.0825 e. The molecular weight excluding hydrogens is 1860 g/mol. The first-order valence-corrected chi connectivity index (χ1v) is 58.1. The van der Waals surface area contributed by atoms with Crippen LogP contribution in [-0.4, -0.2) is 261 Å². The van der Waals surface area contributed by atoms with Crippen molar-refractivity contribution in [3.63, 3.8) is 0 Å². The Kier molecular flexibility index (Phi) is 59.4. The molecule has 0 amide bonds. The van der Waals surface area contributed by atoms with Crippen molar-refractivity contribution < 1.29 is 48.1 Å². The summed E-state index contributed by atoms with van der Waals surface area (Å²) in [4.78, 5) is 2.42. The first-order chi connectivity index (χ1) is 67.2. The maximum absolute atomic E-state index is 9.45. The number of H-pyrrole nitrogens is 1. The van der Waals surface area contributed by atoms with Crippen LogP contribution in [0.1, 0.15) is 472 Å². The molecule has 10 N–H and O–H groups in total. The van der Waals surface area contributed by atoms with E-state index in [2.05, 4.69) is 400 Å². The van der Waals surface area contributed by atoms with E-state index >= 15 is 0 Å². The summed E-state index contributed by atoms with van der Waals surface area (Å²) in [5.74, 6) is 4.25. The fourth-order valence-corrected chi connectivity index (χ4v) is 16.9. The summed E-state index contributed by atoms with van der Waals surface area (Å²) >= 11 is 0. The van der Waals surface area contributed by atoms with E-state index in [-0.39, 0.29) is 60.6 Å². The summed E-state index contributed by atoms with van der Waals surface area (Å²) in [6.07, 6.45) is 36.7. The highest BCUT2D eigenvalue weighted by molar-refractivity contribution is 5.17. The summed E-state index contributed by atoms with van der Waals surface area (Å²) < 4.78 is 45.7. The maximum atomic E-state index is 9.45. The average molecular weight is 2110 g/mol. The predicted octanol–water partition coefficient (Wildman–Crippen LogP) is 26.0. The molecule has 2 aliphatic heterocycles. The van der Waals surface area contributed by atoms with Gasteiger partial charge in [-0.25, -0.2) is 0 Å². The standard InChI is InChI=1S/C10H20O2.C9H16N2.C9H19NO.2C9H18O.C9H18.C8H14N2.5C8H17NO.C8H17N.C7H12N2.C7H15N/c1-10(2,3)8-12-9-4-6-11-7-5-9;1-5-11-7-8(6-10-11)9(2,3)4;1-9(2,3)10-8-5-7(8)6-11-4;2*1-8(2,3)7-5-9(4,10)6-7;1-9(2,3)7-6-8-4-5-8;1-8(2,3)7-5-9-10(4)6-7;1-8(2,3)9-5-7(6-9)10-4;4*1-8(2,3)9-6-5-7(6)10-4;1-6-5-7(6)9-8(2,3)4;1-7(2,3)6-4-8-9-5-6;1-7(2,3)8-6-4-5-6/h9H,4-8H2,1-3H3;6-7H,5H2,1-4H3;7-8,10H,5-6H2,1-4H3;2*7,10H,5-6H2,1-4H3;8H,4-7H2,1-3H3;5-6H,1-4H3;7H,5-6H2,1-4H3;4*6-7,9H,5H2,1-4H3;6-7,9H,5H2,1-4H3;4-5H,1-3H3,(H,8,9);6,8H,4-5H2,1-3H3/t;;;;;;;;2*6?,7-;6-,7-;;;;/m........100..../s1. The molecule has 24 heteroatoms. The number of methoxy groups -OCH3 is 6. The van der Waals surface area contributed by atoms with Crippen molar-refractivity contribution in [2.45, 2.75) is 612 Å². The molecule has 10 aliphatic carbocycles. The zero-order valence-electron chi connectivity index (χ0n) is 108. The fraction of sp³-hybridized carbons (Fsp3) is 0.928. The van der Waals surface area contributed by atoms with Gasteiger partial charge >= 0.3 is 0 Å². The first-order valence-electron chi connectivity index (χ1n) is 58.1. The highest BCUT2D eigenvalue weighted by atomic mass is 16.5. The number of aromatic amines is 1. The SMILES string of the molecule is CC(C)(C)CCC1CC1.CC(C)(C)COC1CCOCC1.CC(C)(C)NC1CC1.CC(C)(C)c1cn[nH]c1.CC1(O)CC(C(C)(C)C)C1.CC1(O)CC(C(C)(C)C)C1.CC1CC1NC(C)(C)C.CCn1cc(C(C)(C)C)cn1.COC1CC1NC(C)(C)C.COC1CN(C(C)(C)C)C1.COCC1CC1NC(C)(C)C.CO[C@@H]1CC1NC(C)(C)C.CO[C@H]1CC1NC(C)(C)C.CO[C@H]1C[C@@H]1NC(C)(C)C.Cn1cc(C(C)(C)C)cn1. The van der Waals surface area contributed by atoms with Gasteiger partial charge in [-0.1, -0.05) is 165 Å². The Hall–Kier alpha value is -3.09. The van der Waals surface area contributed by atoms with Crippen LogP contribution in [0.2, 0.25) is 0 Å². The van der Waals surface area contributed by atoms with Crippen molar-refractivity contribution in [3.8, 4) is 0 Å². The van der Waals surface area contributed by atoms with Crippen molar-refractivity contribution in [2.24, 2.45) is 58.3 Å². The quantitative estimate of drug-likeness (QED) is 0.0535. The summed E-state index contributed by atoms with van der Waals surface area (Å²) in [6, 6.07) is 4.76. The maximum Gasteiger partial charge on any atom is 0.0825 e. The minimum Gasteiger partial charge on any atom is -0.390 e. The number of nitrogens with one attached hydrogen (secondary N) is 8. The van der Waals surface area contributed by atoms with Gasteiger partial charge in [0.05, 0.1) is 79.6 Å². The number of nitrogens with zero attached hydrogens (tertiary/aromatic N) is 6. The van der Waals surface area contributed by atoms with Gasteiger partial charge < -0.3 is 85.3 Å². The van der Waals surface area contributed by atoms with Gasteiger partial charge in [-0.15, -0.1) is 0 Å². The third-order valence-corrected chi connectivity index (χ3v) is 27.5. The van der Waals surface area contributed by atoms with Gasteiger partial charge in [-0.3, -0.25) is 19.4 Å². The molecule has 0 spiro atoms. The fourth-order valence-electron chi connectivity index (χ4n) is 16.9. The summed E-state index contributed by atoms with van der Waals surface area (Å²) in [5, 5.41) is 58.3. The lowest BCUT2D eigenvalue weighted by atomic mass is 9.61. The van der Waals surface area contributed by atoms with Crippen molar-refractivity contribution in [3.05, 3.63) is 53.9 Å². The van der Waals surface area contributed by atoms with Gasteiger partial charge in [0.15, 0.2) is 0 Å². The lowest BCUT2D eigenvalue weighted by molar-refractivity contribution is -0.0921. The first kappa shape index (κ1) is 144. The molecule has 12 aliphatic rings. The number of rotatable bonds is 19. The van der Waals surface area contributed by atoms with E-state index in [1.54, 1.807) is 42.7 Å². The van der Waals surface area contributed by atoms with E-state index in [0.717, 1.165) is 126 Å². The molecule has 0 bridgehead atoms. The van der Waals surface area contributed by atoms with Gasteiger partial charge in [0, 0.05) is 188 Å². The molecule has 12 fully saturated rings. The van der Waals surface area contributed by atoms with Crippen LogP contribution in [0.3, 0.4) is 0 Å². The minimum atomic E-state index is -0.349. The zero-order valence-corrected chi connectivity index (χ0v) is 108. The lowest BCUT2D eigenvalue weighted by Gasteiger charge is -2.47. The normalized spacial score (nSPS) is 26.6. The predicted molar refractivity (Wildman–Crippen MR) is 636 cm³/mol. The van der Waals surface area contributed by atoms with Crippen LogP contribution >= 0.6 is 0 Å². The molecule has 15 rings (SSSR count). The van der Waals surface area contributed by atoms with Crippen LogP contribution in [0.15, 0.2) is 37.2 Å². The van der Waals surface area contributed by atoms with Gasteiger partial charge in [0.1, 0.15) is 0 Å². The Labute approximate surface area is 921 Å². The molecule has 0 aromatic carbocycles. The number of hydrogen-bond donors (Lipinski definition) is 10. The van der Waals surface area contributed by atoms with Crippen LogP contribution in [0.4, 0.5) is 0 Å². The number of ether oxygens (including phenoxy) is 8. The van der Waals surface area contributed by atoms with Crippen molar-refractivity contribution in [1.82, 2.24) is 71.9 Å². The summed E-state index contributed by atoms with van der Waals surface area (Å²) in [7, 11) is 12.6. The Balaban J connectivity index is 0.000000799. The molecular formula is C125H252N14O10. The van der Waals surface area contributed by atoms with Gasteiger partial charge in [0.25, 0.3) is 0 Å². The van der Waals surface area contributed by atoms with Crippen molar-refractivity contribution >= 4 is 0 Å². The molecule has 3 aromatic rings. The number of likely N-dealkylation sites (tertiary alicyclic amines) is 1. The van der Waals surface area contributed by atoms with Crippen LogP contribution < -0.4 is 37.2 Å². The minimum absolute atomic E-state index is 0.229. The second-order valence-corrected chi connectivity index (χ2v) is 62.2. The second kappa shape index (κ2) is 61.5. The molecule has 5 heterocycles. The number of aryl methyl sites for hydroxylation is 2. The Bertz CT molecular complexity index is 3770. The van der Waals surface area contributed by atoms with Crippen molar-refractivity contribution in [2.75, 3.05) is 82.2 Å². The summed E-state index contributed by atoms with van der Waals surface area (Å²) in [5.41, 5.74) is 7.65. The summed E-state index contributed by atoms with van der Waals surface area (Å²) in [6.45, 7) is 114.